The Bertz CT molecular complexity index is 850. The summed E-state index contributed by atoms with van der Waals surface area (Å²) < 4.78 is 43.5. The highest BCUT2D eigenvalue weighted by molar-refractivity contribution is 5.74. The van der Waals surface area contributed by atoms with Crippen LogP contribution >= 0.6 is 0 Å². The maximum Gasteiger partial charge on any atom is 0.490 e. The molecule has 4 N–H and O–H groups in total. The summed E-state index contributed by atoms with van der Waals surface area (Å²) in [5, 5.41) is 23.0. The molecule has 0 aromatic heterocycles. The molecule has 1 heterocycles. The highest BCUT2D eigenvalue weighted by Crippen LogP contribution is 2.36. The predicted molar refractivity (Wildman–Crippen MR) is 121 cm³/mol. The molecule has 2 fully saturated rings. The van der Waals surface area contributed by atoms with Crippen LogP contribution in [-0.4, -0.2) is 77.8 Å². The number of rotatable bonds is 6. The zero-order valence-electron chi connectivity index (χ0n) is 20.0. The molecule has 1 aromatic rings. The molecule has 0 radical (unpaired) electrons. The van der Waals surface area contributed by atoms with Gasteiger partial charge in [-0.3, -0.25) is 4.90 Å². The van der Waals surface area contributed by atoms with Gasteiger partial charge in [0.05, 0.1) is 19.3 Å². The smallest absolute Gasteiger partial charge is 0.490 e. The molecule has 1 aliphatic carbocycles. The van der Waals surface area contributed by atoms with E-state index in [0.29, 0.717) is 25.5 Å². The van der Waals surface area contributed by atoms with E-state index in [2.05, 4.69) is 15.5 Å². The van der Waals surface area contributed by atoms with E-state index in [4.69, 9.17) is 19.4 Å². The number of alkyl halides is 3. The average Bonchev–Trinajstić information content (AvgIpc) is 2.78. The summed E-state index contributed by atoms with van der Waals surface area (Å²) in [6.07, 6.45) is -0.952. The topological polar surface area (TPSA) is 120 Å². The standard InChI is InChI=1S/C21H33N3O4.C2HF3O2/c1-3-22-20(26)23-19-7-5-6-10-21(19)15-24(11-12-28-21)14-16-8-9-17(25)18(13-16)27-4-2;3-2(4,5)1(6)7/h8-9,13,19,25H,3-7,10-12,14-15H2,1-2H3,(H2,22,23,26);(H,6,7). The predicted octanol–water partition coefficient (Wildman–Crippen LogP) is 3.26. The number of phenolic OH excluding ortho intramolecular Hbond substituents is 1. The fourth-order valence-electron chi connectivity index (χ4n) is 4.35. The summed E-state index contributed by atoms with van der Waals surface area (Å²) in [5.74, 6) is -2.06. The third-order valence-electron chi connectivity index (χ3n) is 5.88. The Balaban J connectivity index is 0.000000540. The van der Waals surface area contributed by atoms with Gasteiger partial charge in [0, 0.05) is 26.2 Å². The number of benzene rings is 1. The lowest BCUT2D eigenvalue weighted by Gasteiger charge is -2.49. The fourth-order valence-corrected chi connectivity index (χ4v) is 4.35. The van der Waals surface area contributed by atoms with Crippen molar-refractivity contribution in [2.24, 2.45) is 0 Å². The number of carboxylic acids is 1. The highest BCUT2D eigenvalue weighted by Gasteiger charge is 2.45. The molecule has 1 spiro atoms. The molecular weight excluding hydrogens is 471 g/mol. The molecule has 1 saturated heterocycles. The van der Waals surface area contributed by atoms with Crippen molar-refractivity contribution in [1.82, 2.24) is 15.5 Å². The first-order valence-electron chi connectivity index (χ1n) is 11.7. The molecule has 3 rings (SSSR count). The molecule has 0 bridgehead atoms. The number of hydrogen-bond donors (Lipinski definition) is 4. The lowest BCUT2D eigenvalue weighted by Crippen LogP contribution is -2.64. The SMILES string of the molecule is CCNC(=O)NC1CCCCC12CN(Cc1ccc(O)c(OCC)c1)CCO2.O=C(O)C(F)(F)F. The number of nitrogens with zero attached hydrogens (tertiary/aromatic N) is 1. The van der Waals surface area contributed by atoms with Crippen LogP contribution in [-0.2, 0) is 16.1 Å². The lowest BCUT2D eigenvalue weighted by atomic mass is 9.79. The van der Waals surface area contributed by atoms with Crippen molar-refractivity contribution in [2.75, 3.05) is 32.8 Å². The molecule has 2 amide bonds. The van der Waals surface area contributed by atoms with E-state index in [-0.39, 0.29) is 23.4 Å². The van der Waals surface area contributed by atoms with Gasteiger partial charge in [-0.05, 0) is 44.4 Å². The average molecular weight is 506 g/mol. The zero-order chi connectivity index (χ0) is 26.1. The van der Waals surface area contributed by atoms with Crippen LogP contribution < -0.4 is 15.4 Å². The van der Waals surface area contributed by atoms with Crippen molar-refractivity contribution in [1.29, 1.82) is 0 Å². The highest BCUT2D eigenvalue weighted by atomic mass is 19.4. The minimum Gasteiger partial charge on any atom is -0.504 e. The van der Waals surface area contributed by atoms with Crippen molar-refractivity contribution < 1.29 is 42.4 Å². The molecule has 9 nitrogen and oxygen atoms in total. The fraction of sp³-hybridized carbons (Fsp3) is 0.652. The van der Waals surface area contributed by atoms with Gasteiger partial charge in [0.15, 0.2) is 11.5 Å². The van der Waals surface area contributed by atoms with Crippen LogP contribution in [0.2, 0.25) is 0 Å². The first-order chi connectivity index (χ1) is 16.5. The maximum atomic E-state index is 12.1. The largest absolute Gasteiger partial charge is 0.504 e. The Labute approximate surface area is 202 Å². The number of aromatic hydroxyl groups is 1. The molecule has 12 heteroatoms. The van der Waals surface area contributed by atoms with Gasteiger partial charge >= 0.3 is 18.2 Å². The molecule has 35 heavy (non-hydrogen) atoms. The van der Waals surface area contributed by atoms with Crippen molar-refractivity contribution in [3.05, 3.63) is 23.8 Å². The molecular formula is C23H34F3N3O6. The van der Waals surface area contributed by atoms with Gasteiger partial charge in [-0.2, -0.15) is 13.2 Å². The number of hydrogen-bond acceptors (Lipinski definition) is 6. The summed E-state index contributed by atoms with van der Waals surface area (Å²) >= 11 is 0. The second kappa shape index (κ2) is 12.8. The number of phenols is 1. The Morgan fingerprint density at radius 1 is 1.29 bits per heavy atom. The van der Waals surface area contributed by atoms with Gasteiger partial charge in [-0.25, -0.2) is 9.59 Å². The van der Waals surface area contributed by atoms with Crippen LogP contribution in [0.1, 0.15) is 45.1 Å². The van der Waals surface area contributed by atoms with Crippen LogP contribution in [0.5, 0.6) is 11.5 Å². The normalized spacial score (nSPS) is 22.6. The third-order valence-corrected chi connectivity index (χ3v) is 5.88. The molecule has 2 aliphatic rings. The lowest BCUT2D eigenvalue weighted by molar-refractivity contribution is -0.192. The Morgan fingerprint density at radius 3 is 2.63 bits per heavy atom. The minimum atomic E-state index is -5.08. The van der Waals surface area contributed by atoms with Crippen molar-refractivity contribution in [3.63, 3.8) is 0 Å². The third kappa shape index (κ3) is 8.46. The number of morpholine rings is 1. The summed E-state index contributed by atoms with van der Waals surface area (Å²) in [7, 11) is 0. The van der Waals surface area contributed by atoms with Gasteiger partial charge < -0.3 is 30.3 Å². The van der Waals surface area contributed by atoms with Gasteiger partial charge in [-0.1, -0.05) is 18.9 Å². The number of amides is 2. The van der Waals surface area contributed by atoms with E-state index in [1.807, 2.05) is 26.0 Å². The summed E-state index contributed by atoms with van der Waals surface area (Å²) in [5.41, 5.74) is 0.767. The quantitative estimate of drug-likeness (QED) is 0.468. The summed E-state index contributed by atoms with van der Waals surface area (Å²) in [6.45, 7) is 8.01. The van der Waals surface area contributed by atoms with Crippen LogP contribution in [0.3, 0.4) is 0 Å². The molecule has 1 aliphatic heterocycles. The maximum absolute atomic E-state index is 12.1. The number of carbonyl (C=O) groups excluding carboxylic acids is 1. The summed E-state index contributed by atoms with van der Waals surface area (Å²) in [4.78, 5) is 23.4. The van der Waals surface area contributed by atoms with Crippen LogP contribution in [0.4, 0.5) is 18.0 Å². The van der Waals surface area contributed by atoms with E-state index in [1.54, 1.807) is 6.07 Å². The van der Waals surface area contributed by atoms with E-state index in [0.717, 1.165) is 50.9 Å². The number of carboxylic acid groups (broad SMARTS) is 1. The van der Waals surface area contributed by atoms with E-state index in [1.165, 1.54) is 0 Å². The monoisotopic (exact) mass is 505 g/mol. The first-order valence-corrected chi connectivity index (χ1v) is 11.7. The summed E-state index contributed by atoms with van der Waals surface area (Å²) in [6, 6.07) is 5.44. The van der Waals surface area contributed by atoms with Gasteiger partial charge in [0.25, 0.3) is 0 Å². The van der Waals surface area contributed by atoms with E-state index >= 15 is 0 Å². The van der Waals surface area contributed by atoms with Crippen LogP contribution in [0, 0.1) is 0 Å². The molecule has 2 atom stereocenters. The number of aliphatic carboxylic acids is 1. The van der Waals surface area contributed by atoms with Crippen molar-refractivity contribution >= 4 is 12.0 Å². The van der Waals surface area contributed by atoms with Crippen LogP contribution in [0.15, 0.2) is 18.2 Å². The van der Waals surface area contributed by atoms with Crippen molar-refractivity contribution in [3.8, 4) is 11.5 Å². The Morgan fingerprint density at radius 2 is 2.00 bits per heavy atom. The zero-order valence-corrected chi connectivity index (χ0v) is 20.0. The number of carbonyl (C=O) groups is 2. The minimum absolute atomic E-state index is 0.0226. The van der Waals surface area contributed by atoms with Crippen molar-refractivity contribution in [2.45, 2.75) is 63.9 Å². The Kier molecular flexibility index (Phi) is 10.4. The molecule has 1 aromatic carbocycles. The second-order valence-corrected chi connectivity index (χ2v) is 8.46. The van der Waals surface area contributed by atoms with Gasteiger partial charge in [0.2, 0.25) is 0 Å². The number of halogens is 3. The number of nitrogens with one attached hydrogen (secondary N) is 2. The number of urea groups is 1. The second-order valence-electron chi connectivity index (χ2n) is 8.46. The van der Waals surface area contributed by atoms with E-state index < -0.39 is 12.1 Å². The Hall–Kier alpha value is -2.73. The van der Waals surface area contributed by atoms with Gasteiger partial charge in [0.1, 0.15) is 5.60 Å². The van der Waals surface area contributed by atoms with Gasteiger partial charge in [-0.15, -0.1) is 0 Å². The molecule has 198 valence electrons. The molecule has 1 saturated carbocycles. The first kappa shape index (κ1) is 28.5. The number of ether oxygens (including phenoxy) is 2. The van der Waals surface area contributed by atoms with Crippen LogP contribution in [0.25, 0.3) is 0 Å². The van der Waals surface area contributed by atoms with E-state index in [9.17, 15) is 23.1 Å². The molecule has 2 unspecified atom stereocenters.